The third kappa shape index (κ3) is 3.31. The van der Waals surface area contributed by atoms with E-state index in [1.54, 1.807) is 25.3 Å². The van der Waals surface area contributed by atoms with Gasteiger partial charge in [-0.05, 0) is 31.5 Å². The highest BCUT2D eigenvalue weighted by Gasteiger charge is 2.16. The quantitative estimate of drug-likeness (QED) is 0.907. The first-order valence-electron chi connectivity index (χ1n) is 5.62. The van der Waals surface area contributed by atoms with E-state index in [1.165, 1.54) is 23.5 Å². The number of aryl methyl sites for hydroxylation is 1. The Hall–Kier alpha value is -1.44. The summed E-state index contributed by atoms with van der Waals surface area (Å²) < 4.78 is 26.6. The van der Waals surface area contributed by atoms with Crippen molar-refractivity contribution in [2.75, 3.05) is 4.72 Å². The molecule has 1 unspecified atom stereocenters. The Kier molecular flexibility index (Phi) is 3.88. The number of aliphatic hydroxyl groups is 1. The van der Waals surface area contributed by atoms with Crippen LogP contribution in [0.4, 0.5) is 5.13 Å². The molecule has 19 heavy (non-hydrogen) atoms. The van der Waals surface area contributed by atoms with E-state index in [0.717, 1.165) is 4.88 Å². The molecule has 0 saturated heterocycles. The average molecular weight is 298 g/mol. The van der Waals surface area contributed by atoms with Gasteiger partial charge in [0.25, 0.3) is 10.0 Å². The molecule has 102 valence electrons. The van der Waals surface area contributed by atoms with Crippen LogP contribution in [0.3, 0.4) is 0 Å². The number of hydrogen-bond acceptors (Lipinski definition) is 5. The van der Waals surface area contributed by atoms with Crippen LogP contribution in [-0.2, 0) is 10.0 Å². The van der Waals surface area contributed by atoms with Gasteiger partial charge in [0.15, 0.2) is 5.13 Å². The number of aromatic nitrogens is 1. The van der Waals surface area contributed by atoms with Crippen molar-refractivity contribution < 1.29 is 13.5 Å². The summed E-state index contributed by atoms with van der Waals surface area (Å²) in [6, 6.07) is 6.11. The zero-order valence-electron chi connectivity index (χ0n) is 10.5. The van der Waals surface area contributed by atoms with Crippen molar-refractivity contribution in [3.63, 3.8) is 0 Å². The van der Waals surface area contributed by atoms with Crippen LogP contribution in [0.15, 0.2) is 35.4 Å². The van der Waals surface area contributed by atoms with Crippen molar-refractivity contribution in [2.24, 2.45) is 0 Å². The van der Waals surface area contributed by atoms with Gasteiger partial charge in [-0.15, -0.1) is 11.3 Å². The van der Waals surface area contributed by atoms with Crippen molar-refractivity contribution in [3.05, 3.63) is 40.9 Å². The van der Waals surface area contributed by atoms with Crippen LogP contribution in [0.2, 0.25) is 0 Å². The fraction of sp³-hybridized carbons (Fsp3) is 0.250. The highest BCUT2D eigenvalue weighted by Crippen LogP contribution is 2.22. The van der Waals surface area contributed by atoms with Gasteiger partial charge in [0, 0.05) is 11.1 Å². The van der Waals surface area contributed by atoms with Crippen molar-refractivity contribution in [1.29, 1.82) is 0 Å². The molecule has 0 bridgehead atoms. The van der Waals surface area contributed by atoms with E-state index in [1.807, 2.05) is 6.92 Å². The molecule has 1 aromatic heterocycles. The molecule has 2 N–H and O–H groups in total. The smallest absolute Gasteiger partial charge is 0.263 e. The second kappa shape index (κ2) is 5.28. The monoisotopic (exact) mass is 298 g/mol. The van der Waals surface area contributed by atoms with Gasteiger partial charge in [0.05, 0.1) is 11.0 Å². The summed E-state index contributed by atoms with van der Waals surface area (Å²) in [6.45, 7) is 3.48. The van der Waals surface area contributed by atoms with Gasteiger partial charge in [-0.25, -0.2) is 13.4 Å². The second-order valence-electron chi connectivity index (χ2n) is 4.13. The van der Waals surface area contributed by atoms with Gasteiger partial charge < -0.3 is 5.11 Å². The van der Waals surface area contributed by atoms with Crippen molar-refractivity contribution in [3.8, 4) is 0 Å². The van der Waals surface area contributed by atoms with Crippen molar-refractivity contribution in [1.82, 2.24) is 4.98 Å². The van der Waals surface area contributed by atoms with Crippen LogP contribution in [0, 0.1) is 6.92 Å². The lowest BCUT2D eigenvalue weighted by molar-refractivity contribution is 0.199. The number of sulfonamides is 1. The number of benzene rings is 1. The minimum atomic E-state index is -3.63. The average Bonchev–Trinajstić information content (AvgIpc) is 2.74. The molecule has 0 aliphatic heterocycles. The summed E-state index contributed by atoms with van der Waals surface area (Å²) in [5.74, 6) is 0. The molecule has 5 nitrogen and oxygen atoms in total. The summed E-state index contributed by atoms with van der Waals surface area (Å²) >= 11 is 1.28. The van der Waals surface area contributed by atoms with Crippen molar-refractivity contribution >= 4 is 26.5 Å². The zero-order chi connectivity index (χ0) is 14.0. The lowest BCUT2D eigenvalue weighted by Gasteiger charge is -2.07. The van der Waals surface area contributed by atoms with Crippen LogP contribution in [-0.4, -0.2) is 18.5 Å². The molecule has 2 aromatic rings. The van der Waals surface area contributed by atoms with Crippen LogP contribution >= 0.6 is 11.3 Å². The summed E-state index contributed by atoms with van der Waals surface area (Å²) in [7, 11) is -3.63. The molecule has 0 aliphatic rings. The number of aliphatic hydroxyl groups excluding tert-OH is 1. The summed E-state index contributed by atoms with van der Waals surface area (Å²) in [5, 5.41) is 9.73. The fourth-order valence-electron chi connectivity index (χ4n) is 1.50. The Morgan fingerprint density at radius 3 is 2.42 bits per heavy atom. The first-order valence-corrected chi connectivity index (χ1v) is 7.92. The number of anilines is 1. The van der Waals surface area contributed by atoms with Gasteiger partial charge in [-0.1, -0.05) is 12.1 Å². The van der Waals surface area contributed by atoms with Crippen molar-refractivity contribution in [2.45, 2.75) is 24.8 Å². The molecule has 0 fully saturated rings. The van der Waals surface area contributed by atoms with Gasteiger partial charge in [-0.2, -0.15) is 0 Å². The van der Waals surface area contributed by atoms with Gasteiger partial charge >= 0.3 is 0 Å². The number of nitrogens with zero attached hydrogens (tertiary/aromatic N) is 1. The number of nitrogens with one attached hydrogen (secondary N) is 1. The Morgan fingerprint density at radius 1 is 1.32 bits per heavy atom. The van der Waals surface area contributed by atoms with Crippen LogP contribution in [0.25, 0.3) is 0 Å². The van der Waals surface area contributed by atoms with E-state index in [0.29, 0.717) is 10.7 Å². The van der Waals surface area contributed by atoms with E-state index in [-0.39, 0.29) is 4.90 Å². The summed E-state index contributed by atoms with van der Waals surface area (Å²) in [5.41, 5.74) is 0.670. The SMILES string of the molecule is Cc1cnc(NS(=O)(=O)c2ccc(C(C)O)cc2)s1. The fourth-order valence-corrected chi connectivity index (χ4v) is 3.41. The second-order valence-corrected chi connectivity index (χ2v) is 7.04. The third-order valence-corrected chi connectivity index (χ3v) is 4.83. The number of thiazole rings is 1. The maximum atomic E-state index is 12.1. The molecule has 0 aliphatic carbocycles. The van der Waals surface area contributed by atoms with E-state index in [2.05, 4.69) is 9.71 Å². The van der Waals surface area contributed by atoms with E-state index in [4.69, 9.17) is 0 Å². The standard InChI is InChI=1S/C12H14N2O3S2/c1-8-7-13-12(18-8)14-19(16,17)11-5-3-10(4-6-11)9(2)15/h3-7,9,15H,1-2H3,(H,13,14). The van der Waals surface area contributed by atoms with Gasteiger partial charge in [-0.3, -0.25) is 4.72 Å². The molecular formula is C12H14N2O3S2. The van der Waals surface area contributed by atoms with Crippen LogP contribution in [0.1, 0.15) is 23.5 Å². The molecular weight excluding hydrogens is 284 g/mol. The normalized spacial score (nSPS) is 13.2. The molecule has 1 heterocycles. The lowest BCUT2D eigenvalue weighted by Crippen LogP contribution is -2.12. The summed E-state index contributed by atoms with van der Waals surface area (Å²) in [6.07, 6.45) is 0.991. The minimum Gasteiger partial charge on any atom is -0.389 e. The highest BCUT2D eigenvalue weighted by atomic mass is 32.2. The van der Waals surface area contributed by atoms with Crippen LogP contribution < -0.4 is 4.72 Å². The molecule has 0 radical (unpaired) electrons. The largest absolute Gasteiger partial charge is 0.389 e. The van der Waals surface area contributed by atoms with Crippen LogP contribution in [0.5, 0.6) is 0 Å². The molecule has 1 aromatic carbocycles. The predicted molar refractivity (Wildman–Crippen MR) is 74.7 cm³/mol. The number of hydrogen-bond donors (Lipinski definition) is 2. The van der Waals surface area contributed by atoms with Gasteiger partial charge in [0.1, 0.15) is 0 Å². The maximum Gasteiger partial charge on any atom is 0.263 e. The Bertz CT molecular complexity index is 661. The summed E-state index contributed by atoms with van der Waals surface area (Å²) in [4.78, 5) is 5.04. The highest BCUT2D eigenvalue weighted by molar-refractivity contribution is 7.93. The lowest BCUT2D eigenvalue weighted by atomic mass is 10.1. The Balaban J connectivity index is 2.24. The zero-order valence-corrected chi connectivity index (χ0v) is 12.1. The third-order valence-electron chi connectivity index (χ3n) is 2.52. The Labute approximate surface area is 116 Å². The molecule has 7 heteroatoms. The maximum absolute atomic E-state index is 12.1. The van der Waals surface area contributed by atoms with E-state index < -0.39 is 16.1 Å². The molecule has 0 spiro atoms. The van der Waals surface area contributed by atoms with E-state index in [9.17, 15) is 13.5 Å². The minimum absolute atomic E-state index is 0.143. The Morgan fingerprint density at radius 2 is 1.95 bits per heavy atom. The topological polar surface area (TPSA) is 79.3 Å². The van der Waals surface area contributed by atoms with Gasteiger partial charge in [0.2, 0.25) is 0 Å². The van der Waals surface area contributed by atoms with E-state index >= 15 is 0 Å². The molecule has 1 atom stereocenters. The predicted octanol–water partition coefficient (Wildman–Crippen LogP) is 2.31. The number of rotatable bonds is 4. The first kappa shape index (κ1) is 14.0. The first-order chi connectivity index (χ1) is 8.88. The molecule has 0 saturated carbocycles. The molecule has 0 amide bonds. The molecule has 2 rings (SSSR count).